The monoisotopic (exact) mass is 369 g/mol. The average molecular weight is 369 g/mol. The van der Waals surface area contributed by atoms with Gasteiger partial charge in [0.15, 0.2) is 0 Å². The summed E-state index contributed by atoms with van der Waals surface area (Å²) in [7, 11) is -1.84. The minimum absolute atomic E-state index is 0.0599. The Kier molecular flexibility index (Phi) is 6.80. The number of nitrogens with one attached hydrogen (secondary N) is 1. The zero-order valence-electron chi connectivity index (χ0n) is 15.1. The first-order valence-corrected chi connectivity index (χ1v) is 9.94. The number of aryl methyl sites for hydroxylation is 1. The first-order valence-electron chi connectivity index (χ1n) is 8.50. The topological polar surface area (TPSA) is 79.0 Å². The number of methoxy groups -OCH3 is 1. The predicted octanol–water partition coefficient (Wildman–Crippen LogP) is 1.01. The lowest BCUT2D eigenvalue weighted by molar-refractivity contribution is -0.132. The van der Waals surface area contributed by atoms with E-state index in [-0.39, 0.29) is 11.9 Å². The van der Waals surface area contributed by atoms with Gasteiger partial charge in [0.2, 0.25) is 5.91 Å². The summed E-state index contributed by atoms with van der Waals surface area (Å²) in [5.41, 5.74) is 1.08. The normalized spacial score (nSPS) is 16.2. The lowest BCUT2D eigenvalue weighted by atomic mass is 10.1. The number of benzene rings is 1. The third-order valence-electron chi connectivity index (χ3n) is 4.10. The molecule has 140 valence electrons. The number of piperazine rings is 1. The standard InChI is InChI=1S/C17H27N3O4S/c1-14(2)18-25(22,23)20-12-10-19(11-13-20)17(21)9-6-15-4-7-16(24-3)8-5-15/h4-5,7-8,14,18H,6,9-13H2,1-3H3. The highest BCUT2D eigenvalue weighted by Crippen LogP contribution is 2.14. The lowest BCUT2D eigenvalue weighted by Gasteiger charge is -2.34. The molecule has 1 saturated heterocycles. The minimum atomic E-state index is -3.46. The zero-order valence-corrected chi connectivity index (χ0v) is 15.9. The first kappa shape index (κ1) is 19.7. The number of carbonyl (C=O) groups is 1. The van der Waals surface area contributed by atoms with Gasteiger partial charge in [0.25, 0.3) is 10.2 Å². The summed E-state index contributed by atoms with van der Waals surface area (Å²) in [6.07, 6.45) is 1.08. The maximum atomic E-state index is 12.3. The van der Waals surface area contributed by atoms with E-state index in [1.807, 2.05) is 24.3 Å². The summed E-state index contributed by atoms with van der Waals surface area (Å²) in [5, 5.41) is 0. The van der Waals surface area contributed by atoms with Crippen LogP contribution in [0.4, 0.5) is 0 Å². The summed E-state index contributed by atoms with van der Waals surface area (Å²) < 4.78 is 33.4. The molecule has 1 aromatic rings. The smallest absolute Gasteiger partial charge is 0.279 e. The number of ether oxygens (including phenoxy) is 1. The molecule has 0 radical (unpaired) electrons. The lowest BCUT2D eigenvalue weighted by Crippen LogP contribution is -2.54. The van der Waals surface area contributed by atoms with Gasteiger partial charge in [0.1, 0.15) is 5.75 Å². The second-order valence-corrected chi connectivity index (χ2v) is 8.11. The SMILES string of the molecule is COc1ccc(CCC(=O)N2CCN(S(=O)(=O)NC(C)C)CC2)cc1. The maximum Gasteiger partial charge on any atom is 0.279 e. The van der Waals surface area contributed by atoms with Crippen molar-refractivity contribution in [1.29, 1.82) is 0 Å². The van der Waals surface area contributed by atoms with E-state index < -0.39 is 10.2 Å². The van der Waals surface area contributed by atoms with Crippen LogP contribution in [0.2, 0.25) is 0 Å². The number of carbonyl (C=O) groups excluding carboxylic acids is 1. The van der Waals surface area contributed by atoms with Crippen LogP contribution < -0.4 is 9.46 Å². The fourth-order valence-electron chi connectivity index (χ4n) is 2.75. The van der Waals surface area contributed by atoms with Crippen LogP contribution in [0.25, 0.3) is 0 Å². The molecule has 7 nitrogen and oxygen atoms in total. The highest BCUT2D eigenvalue weighted by atomic mass is 32.2. The maximum absolute atomic E-state index is 12.3. The van der Waals surface area contributed by atoms with Gasteiger partial charge in [-0.05, 0) is 38.0 Å². The number of hydrogen-bond acceptors (Lipinski definition) is 4. The molecule has 1 amide bonds. The van der Waals surface area contributed by atoms with Crippen LogP contribution >= 0.6 is 0 Å². The zero-order chi connectivity index (χ0) is 18.4. The second kappa shape index (κ2) is 8.64. The summed E-state index contributed by atoms with van der Waals surface area (Å²) in [6.45, 7) is 5.10. The van der Waals surface area contributed by atoms with Gasteiger partial charge < -0.3 is 9.64 Å². The van der Waals surface area contributed by atoms with Gasteiger partial charge in [-0.3, -0.25) is 4.79 Å². The van der Waals surface area contributed by atoms with Crippen molar-refractivity contribution in [1.82, 2.24) is 13.9 Å². The highest BCUT2D eigenvalue weighted by molar-refractivity contribution is 7.87. The molecule has 1 heterocycles. The summed E-state index contributed by atoms with van der Waals surface area (Å²) in [6, 6.07) is 7.52. The van der Waals surface area contributed by atoms with Gasteiger partial charge >= 0.3 is 0 Å². The second-order valence-electron chi connectivity index (χ2n) is 6.41. The van der Waals surface area contributed by atoms with Crippen LogP contribution in [-0.2, 0) is 21.4 Å². The highest BCUT2D eigenvalue weighted by Gasteiger charge is 2.28. The molecular formula is C17H27N3O4S. The summed E-state index contributed by atoms with van der Waals surface area (Å²) >= 11 is 0. The Morgan fingerprint density at radius 3 is 2.28 bits per heavy atom. The fraction of sp³-hybridized carbons (Fsp3) is 0.588. The van der Waals surface area contributed by atoms with Gasteiger partial charge in [-0.2, -0.15) is 17.4 Å². The predicted molar refractivity (Wildman–Crippen MR) is 96.7 cm³/mol. The first-order chi connectivity index (χ1) is 11.8. The van der Waals surface area contributed by atoms with Gasteiger partial charge in [-0.1, -0.05) is 12.1 Å². The van der Waals surface area contributed by atoms with Crippen molar-refractivity contribution in [2.75, 3.05) is 33.3 Å². The molecule has 1 aliphatic heterocycles. The third kappa shape index (κ3) is 5.69. The van der Waals surface area contributed by atoms with Crippen LogP contribution in [0.1, 0.15) is 25.8 Å². The molecule has 1 N–H and O–H groups in total. The Labute approximate surface area is 150 Å². The van der Waals surface area contributed by atoms with Crippen molar-refractivity contribution in [2.45, 2.75) is 32.7 Å². The van der Waals surface area contributed by atoms with Crippen LogP contribution in [0.15, 0.2) is 24.3 Å². The summed E-state index contributed by atoms with van der Waals surface area (Å²) in [5.74, 6) is 0.854. The van der Waals surface area contributed by atoms with E-state index >= 15 is 0 Å². The molecule has 8 heteroatoms. The van der Waals surface area contributed by atoms with Crippen LogP contribution in [0.3, 0.4) is 0 Å². The Balaban J connectivity index is 1.80. The molecule has 2 rings (SSSR count). The van der Waals surface area contributed by atoms with E-state index in [1.165, 1.54) is 4.31 Å². The Morgan fingerprint density at radius 2 is 1.76 bits per heavy atom. The van der Waals surface area contributed by atoms with Crippen LogP contribution in [0, 0.1) is 0 Å². The van der Waals surface area contributed by atoms with Crippen molar-refractivity contribution in [2.24, 2.45) is 0 Å². The Hall–Kier alpha value is -1.64. The number of hydrogen-bond donors (Lipinski definition) is 1. The Morgan fingerprint density at radius 1 is 1.16 bits per heavy atom. The van der Waals surface area contributed by atoms with E-state index in [9.17, 15) is 13.2 Å². The molecule has 0 unspecified atom stereocenters. The van der Waals surface area contributed by atoms with Crippen molar-refractivity contribution >= 4 is 16.1 Å². The molecule has 1 fully saturated rings. The number of amides is 1. The minimum Gasteiger partial charge on any atom is -0.497 e. The summed E-state index contributed by atoms with van der Waals surface area (Å²) in [4.78, 5) is 14.1. The molecule has 25 heavy (non-hydrogen) atoms. The molecule has 0 saturated carbocycles. The van der Waals surface area contributed by atoms with Crippen LogP contribution in [-0.4, -0.2) is 62.9 Å². The average Bonchev–Trinajstić information content (AvgIpc) is 2.59. The van der Waals surface area contributed by atoms with Gasteiger partial charge in [0.05, 0.1) is 7.11 Å². The molecule has 0 aliphatic carbocycles. The molecule has 0 aromatic heterocycles. The molecule has 0 bridgehead atoms. The largest absolute Gasteiger partial charge is 0.497 e. The molecule has 1 aromatic carbocycles. The van der Waals surface area contributed by atoms with Crippen molar-refractivity contribution in [3.05, 3.63) is 29.8 Å². The van der Waals surface area contributed by atoms with E-state index in [0.717, 1.165) is 11.3 Å². The van der Waals surface area contributed by atoms with Crippen molar-refractivity contribution < 1.29 is 17.9 Å². The van der Waals surface area contributed by atoms with E-state index in [0.29, 0.717) is 39.0 Å². The quantitative estimate of drug-likeness (QED) is 0.778. The van der Waals surface area contributed by atoms with E-state index in [2.05, 4.69) is 4.72 Å². The van der Waals surface area contributed by atoms with Gasteiger partial charge in [-0.15, -0.1) is 0 Å². The van der Waals surface area contributed by atoms with Gasteiger partial charge in [0, 0.05) is 38.6 Å². The van der Waals surface area contributed by atoms with Gasteiger partial charge in [-0.25, -0.2) is 0 Å². The van der Waals surface area contributed by atoms with Crippen LogP contribution in [0.5, 0.6) is 5.75 Å². The molecule has 0 spiro atoms. The molecule has 0 atom stereocenters. The van der Waals surface area contributed by atoms with E-state index in [4.69, 9.17) is 4.74 Å². The number of nitrogens with zero attached hydrogens (tertiary/aromatic N) is 2. The number of rotatable bonds is 7. The van der Waals surface area contributed by atoms with Crippen molar-refractivity contribution in [3.63, 3.8) is 0 Å². The Bertz CT molecular complexity index is 666. The third-order valence-corrected chi connectivity index (χ3v) is 5.92. The van der Waals surface area contributed by atoms with E-state index in [1.54, 1.807) is 25.9 Å². The molecule has 1 aliphatic rings. The molecular weight excluding hydrogens is 342 g/mol. The fourth-order valence-corrected chi connectivity index (χ4v) is 4.14. The van der Waals surface area contributed by atoms with Crippen molar-refractivity contribution in [3.8, 4) is 5.75 Å².